The number of benzene rings is 2. The molecule has 0 atom stereocenters. The van der Waals surface area contributed by atoms with E-state index in [-0.39, 0.29) is 0 Å². The molecule has 2 heteroatoms. The zero-order valence-corrected chi connectivity index (χ0v) is 10.2. The van der Waals surface area contributed by atoms with Crippen LogP contribution in [0.3, 0.4) is 0 Å². The lowest BCUT2D eigenvalue weighted by atomic mass is 9.96. The van der Waals surface area contributed by atoms with E-state index in [1.807, 2.05) is 24.3 Å². The molecule has 0 nitrogen and oxygen atoms in total. The molecule has 0 heterocycles. The van der Waals surface area contributed by atoms with Gasteiger partial charge in [0, 0.05) is 15.4 Å². The molecule has 0 amide bonds. The summed E-state index contributed by atoms with van der Waals surface area (Å²) in [7, 11) is 0. The van der Waals surface area contributed by atoms with Crippen LogP contribution in [-0.2, 0) is 0 Å². The number of rotatable bonds is 1. The SMILES string of the molecule is CC(C)c1ccc(Cl)c2ccc(Cl)cc12. The zero-order chi connectivity index (χ0) is 11.0. The van der Waals surface area contributed by atoms with E-state index in [1.165, 1.54) is 5.56 Å². The Kier molecular flexibility index (Phi) is 2.90. The van der Waals surface area contributed by atoms with Gasteiger partial charge in [-0.2, -0.15) is 0 Å². The van der Waals surface area contributed by atoms with Gasteiger partial charge in [-0.05, 0) is 35.1 Å². The molecule has 15 heavy (non-hydrogen) atoms. The summed E-state index contributed by atoms with van der Waals surface area (Å²) in [5.41, 5.74) is 1.29. The number of hydrogen-bond donors (Lipinski definition) is 0. The highest BCUT2D eigenvalue weighted by Gasteiger charge is 2.07. The van der Waals surface area contributed by atoms with Gasteiger partial charge < -0.3 is 0 Å². The van der Waals surface area contributed by atoms with Gasteiger partial charge in [-0.3, -0.25) is 0 Å². The lowest BCUT2D eigenvalue weighted by Gasteiger charge is -2.11. The molecule has 78 valence electrons. The third kappa shape index (κ3) is 1.97. The summed E-state index contributed by atoms with van der Waals surface area (Å²) in [4.78, 5) is 0. The van der Waals surface area contributed by atoms with Gasteiger partial charge in [0.15, 0.2) is 0 Å². The van der Waals surface area contributed by atoms with E-state index in [2.05, 4.69) is 19.9 Å². The first-order valence-electron chi connectivity index (χ1n) is 4.97. The Morgan fingerprint density at radius 3 is 2.33 bits per heavy atom. The molecule has 0 aliphatic carbocycles. The lowest BCUT2D eigenvalue weighted by molar-refractivity contribution is 0.876. The molecular weight excluding hydrogens is 227 g/mol. The molecule has 2 aromatic carbocycles. The minimum absolute atomic E-state index is 0.475. The normalized spacial score (nSPS) is 11.3. The van der Waals surface area contributed by atoms with E-state index in [4.69, 9.17) is 23.2 Å². The van der Waals surface area contributed by atoms with Crippen molar-refractivity contribution in [2.45, 2.75) is 19.8 Å². The summed E-state index contributed by atoms with van der Waals surface area (Å²) in [5.74, 6) is 0.475. The molecule has 0 radical (unpaired) electrons. The summed E-state index contributed by atoms with van der Waals surface area (Å²) >= 11 is 12.1. The average Bonchev–Trinajstić information content (AvgIpc) is 2.17. The van der Waals surface area contributed by atoms with Crippen LogP contribution in [-0.4, -0.2) is 0 Å². The van der Waals surface area contributed by atoms with Crippen LogP contribution in [0.4, 0.5) is 0 Å². The zero-order valence-electron chi connectivity index (χ0n) is 8.72. The molecule has 0 spiro atoms. The van der Waals surface area contributed by atoms with Gasteiger partial charge in [0.1, 0.15) is 0 Å². The van der Waals surface area contributed by atoms with Crippen molar-refractivity contribution in [2.24, 2.45) is 0 Å². The number of hydrogen-bond acceptors (Lipinski definition) is 0. The first-order valence-corrected chi connectivity index (χ1v) is 5.73. The molecule has 0 N–H and O–H groups in total. The Morgan fingerprint density at radius 2 is 1.67 bits per heavy atom. The molecule has 0 saturated heterocycles. The van der Waals surface area contributed by atoms with Crippen LogP contribution in [0.15, 0.2) is 30.3 Å². The van der Waals surface area contributed by atoms with Crippen molar-refractivity contribution in [3.63, 3.8) is 0 Å². The van der Waals surface area contributed by atoms with Crippen molar-refractivity contribution in [2.75, 3.05) is 0 Å². The smallest absolute Gasteiger partial charge is 0.0484 e. The van der Waals surface area contributed by atoms with Crippen molar-refractivity contribution < 1.29 is 0 Å². The van der Waals surface area contributed by atoms with Crippen LogP contribution in [0, 0.1) is 0 Å². The van der Waals surface area contributed by atoms with Crippen molar-refractivity contribution in [1.82, 2.24) is 0 Å². The Balaban J connectivity index is 2.84. The predicted molar refractivity (Wildman–Crippen MR) is 68.1 cm³/mol. The minimum atomic E-state index is 0.475. The van der Waals surface area contributed by atoms with Crippen LogP contribution >= 0.6 is 23.2 Å². The minimum Gasteiger partial charge on any atom is -0.0843 e. The molecule has 0 bridgehead atoms. The van der Waals surface area contributed by atoms with Gasteiger partial charge in [-0.25, -0.2) is 0 Å². The van der Waals surface area contributed by atoms with E-state index in [0.717, 1.165) is 20.8 Å². The summed E-state index contributed by atoms with van der Waals surface area (Å²) in [5, 5.41) is 3.77. The van der Waals surface area contributed by atoms with Crippen molar-refractivity contribution in [3.8, 4) is 0 Å². The first-order chi connectivity index (χ1) is 7.09. The van der Waals surface area contributed by atoms with Gasteiger partial charge in [0.05, 0.1) is 0 Å². The van der Waals surface area contributed by atoms with Gasteiger partial charge in [0.2, 0.25) is 0 Å². The molecule has 0 fully saturated rings. The van der Waals surface area contributed by atoms with Crippen LogP contribution in [0.2, 0.25) is 10.0 Å². The standard InChI is InChI=1S/C13H12Cl2/c1-8(2)10-5-6-13(15)11-4-3-9(14)7-12(10)11/h3-8H,1-2H3. The van der Waals surface area contributed by atoms with E-state index < -0.39 is 0 Å². The second-order valence-electron chi connectivity index (χ2n) is 3.98. The third-order valence-electron chi connectivity index (χ3n) is 2.58. The van der Waals surface area contributed by atoms with Crippen LogP contribution in [0.1, 0.15) is 25.3 Å². The fraction of sp³-hybridized carbons (Fsp3) is 0.231. The highest BCUT2D eigenvalue weighted by molar-refractivity contribution is 6.36. The molecule has 0 aliphatic rings. The quantitative estimate of drug-likeness (QED) is 0.635. The number of fused-ring (bicyclic) bond motifs is 1. The fourth-order valence-electron chi connectivity index (χ4n) is 1.81. The van der Waals surface area contributed by atoms with E-state index >= 15 is 0 Å². The van der Waals surface area contributed by atoms with E-state index in [1.54, 1.807) is 0 Å². The fourth-order valence-corrected chi connectivity index (χ4v) is 2.21. The Labute approximate surface area is 99.8 Å². The van der Waals surface area contributed by atoms with Gasteiger partial charge in [0.25, 0.3) is 0 Å². The van der Waals surface area contributed by atoms with E-state index in [0.29, 0.717) is 5.92 Å². The second kappa shape index (κ2) is 4.03. The molecule has 0 aromatic heterocycles. The van der Waals surface area contributed by atoms with Gasteiger partial charge in [-0.1, -0.05) is 49.2 Å². The molecule has 2 aromatic rings. The van der Waals surface area contributed by atoms with Gasteiger partial charge >= 0.3 is 0 Å². The molecule has 0 aliphatic heterocycles. The second-order valence-corrected chi connectivity index (χ2v) is 4.82. The molecular formula is C13H12Cl2. The monoisotopic (exact) mass is 238 g/mol. The van der Waals surface area contributed by atoms with Crippen LogP contribution in [0.5, 0.6) is 0 Å². The molecule has 0 saturated carbocycles. The highest BCUT2D eigenvalue weighted by atomic mass is 35.5. The highest BCUT2D eigenvalue weighted by Crippen LogP contribution is 2.32. The lowest BCUT2D eigenvalue weighted by Crippen LogP contribution is -1.89. The Hall–Kier alpha value is -0.720. The van der Waals surface area contributed by atoms with Crippen molar-refractivity contribution in [3.05, 3.63) is 45.9 Å². The maximum Gasteiger partial charge on any atom is 0.0484 e. The molecule has 0 unspecified atom stereocenters. The Morgan fingerprint density at radius 1 is 0.933 bits per heavy atom. The molecule has 2 rings (SSSR count). The summed E-state index contributed by atoms with van der Waals surface area (Å²) in [6.07, 6.45) is 0. The topological polar surface area (TPSA) is 0 Å². The maximum atomic E-state index is 6.14. The van der Waals surface area contributed by atoms with Crippen LogP contribution < -0.4 is 0 Å². The summed E-state index contributed by atoms with van der Waals surface area (Å²) in [6, 6.07) is 9.86. The largest absolute Gasteiger partial charge is 0.0843 e. The third-order valence-corrected chi connectivity index (χ3v) is 3.15. The van der Waals surface area contributed by atoms with Crippen molar-refractivity contribution >= 4 is 34.0 Å². The van der Waals surface area contributed by atoms with Gasteiger partial charge in [-0.15, -0.1) is 0 Å². The summed E-state index contributed by atoms with van der Waals surface area (Å²) < 4.78 is 0. The van der Waals surface area contributed by atoms with Crippen molar-refractivity contribution in [1.29, 1.82) is 0 Å². The maximum absolute atomic E-state index is 6.14. The summed E-state index contributed by atoms with van der Waals surface area (Å²) in [6.45, 7) is 4.34. The van der Waals surface area contributed by atoms with Crippen LogP contribution in [0.25, 0.3) is 10.8 Å². The average molecular weight is 239 g/mol. The predicted octanol–water partition coefficient (Wildman–Crippen LogP) is 5.27. The van der Waals surface area contributed by atoms with E-state index in [9.17, 15) is 0 Å². The Bertz CT molecular complexity index is 501. The first kappa shape index (κ1) is 10.8. The number of halogens is 2.